The van der Waals surface area contributed by atoms with Gasteiger partial charge in [-0.3, -0.25) is 33.8 Å². The lowest BCUT2D eigenvalue weighted by molar-refractivity contribution is -0.148. The van der Waals surface area contributed by atoms with Crippen molar-refractivity contribution >= 4 is 29.8 Å². The third-order valence-corrected chi connectivity index (χ3v) is 2.28. The lowest BCUT2D eigenvalue weighted by atomic mass is 10.4. The number of carbonyl (C=O) groups is 5. The molecule has 0 aromatic rings. The minimum absolute atomic E-state index is 0.482. The molecule has 0 bridgehead atoms. The Balaban J connectivity index is 0. The van der Waals surface area contributed by atoms with Gasteiger partial charge >= 0.3 is 29.8 Å². The van der Waals surface area contributed by atoms with Gasteiger partial charge in [0.1, 0.15) is 6.23 Å². The zero-order chi connectivity index (χ0) is 20.2. The highest BCUT2D eigenvalue weighted by Gasteiger charge is 2.17. The van der Waals surface area contributed by atoms with Crippen molar-refractivity contribution in [2.24, 2.45) is 0 Å². The Labute approximate surface area is 141 Å². The SMILES string of the molecule is CC(O)N(CC(=O)O)CC(=O)O.O=C(O)CN(CC(=O)O)CC(=O)O. The second-order valence-electron chi connectivity index (χ2n) is 4.65. The van der Waals surface area contributed by atoms with E-state index < -0.39 is 68.8 Å². The molecule has 0 rings (SSSR count). The summed E-state index contributed by atoms with van der Waals surface area (Å²) in [5, 5.41) is 50.4. The normalized spacial score (nSPS) is 11.4. The van der Waals surface area contributed by atoms with Crippen molar-refractivity contribution < 1.29 is 54.6 Å². The second-order valence-corrected chi connectivity index (χ2v) is 4.65. The summed E-state index contributed by atoms with van der Waals surface area (Å²) in [6.07, 6.45) is -1.07. The van der Waals surface area contributed by atoms with E-state index in [0.717, 1.165) is 9.80 Å². The molecule has 0 spiro atoms. The molecule has 0 aromatic carbocycles. The predicted octanol–water partition coefficient (Wildman–Crippen LogP) is -2.66. The highest BCUT2D eigenvalue weighted by atomic mass is 16.4. The van der Waals surface area contributed by atoms with Crippen LogP contribution in [0, 0.1) is 0 Å². The van der Waals surface area contributed by atoms with Crippen LogP contribution in [0.5, 0.6) is 0 Å². The molecule has 0 saturated carbocycles. The Morgan fingerprint density at radius 1 is 0.640 bits per heavy atom. The fourth-order valence-electron chi connectivity index (χ4n) is 1.41. The molecule has 0 aliphatic carbocycles. The monoisotopic (exact) mass is 368 g/mol. The summed E-state index contributed by atoms with van der Waals surface area (Å²) < 4.78 is 0. The number of rotatable bonds is 11. The quantitative estimate of drug-likeness (QED) is 0.206. The summed E-state index contributed by atoms with van der Waals surface area (Å²) >= 11 is 0. The van der Waals surface area contributed by atoms with Crippen LogP contribution < -0.4 is 0 Å². The van der Waals surface area contributed by atoms with Crippen LogP contribution in [-0.4, -0.2) is 109 Å². The first-order chi connectivity index (χ1) is 11.3. The van der Waals surface area contributed by atoms with Crippen molar-refractivity contribution in [1.82, 2.24) is 9.80 Å². The van der Waals surface area contributed by atoms with Gasteiger partial charge in [0.15, 0.2) is 0 Å². The van der Waals surface area contributed by atoms with Gasteiger partial charge in [0.2, 0.25) is 0 Å². The van der Waals surface area contributed by atoms with Crippen LogP contribution in [0.4, 0.5) is 0 Å². The molecule has 0 fully saturated rings. The van der Waals surface area contributed by atoms with Crippen LogP contribution >= 0.6 is 0 Å². The van der Waals surface area contributed by atoms with Gasteiger partial charge in [0.05, 0.1) is 32.7 Å². The van der Waals surface area contributed by atoms with E-state index in [-0.39, 0.29) is 0 Å². The Bertz CT molecular complexity index is 437. The highest BCUT2D eigenvalue weighted by molar-refractivity contribution is 5.75. The van der Waals surface area contributed by atoms with Gasteiger partial charge in [-0.2, -0.15) is 0 Å². The van der Waals surface area contributed by atoms with Crippen molar-refractivity contribution in [3.8, 4) is 0 Å². The van der Waals surface area contributed by atoms with Crippen molar-refractivity contribution in [2.45, 2.75) is 13.2 Å². The van der Waals surface area contributed by atoms with E-state index >= 15 is 0 Å². The fourth-order valence-corrected chi connectivity index (χ4v) is 1.41. The molecule has 0 radical (unpaired) electrons. The summed E-state index contributed by atoms with van der Waals surface area (Å²) in [5.41, 5.74) is 0. The van der Waals surface area contributed by atoms with Crippen LogP contribution in [-0.2, 0) is 24.0 Å². The minimum Gasteiger partial charge on any atom is -0.480 e. The Morgan fingerprint density at radius 2 is 0.880 bits per heavy atom. The third kappa shape index (κ3) is 17.4. The summed E-state index contributed by atoms with van der Waals surface area (Å²) in [7, 11) is 0. The van der Waals surface area contributed by atoms with Gasteiger partial charge in [-0.25, -0.2) is 0 Å². The summed E-state index contributed by atoms with van der Waals surface area (Å²) in [6.45, 7) is -1.45. The standard InChI is InChI=1S/C6H9NO6.C6H11NO5/c8-4(9)1-7(2-5(10)11)3-6(12)13;1-4(8)7(2-5(9)10)3-6(11)12/h1-3H2,(H,8,9)(H,10,11)(H,12,13);4,8H,2-3H2,1H3,(H,9,10)(H,11,12). The molecule has 1 unspecified atom stereocenters. The minimum atomic E-state index is -1.26. The van der Waals surface area contributed by atoms with E-state index in [1.807, 2.05) is 0 Å². The van der Waals surface area contributed by atoms with Crippen LogP contribution in [0.1, 0.15) is 6.92 Å². The first-order valence-corrected chi connectivity index (χ1v) is 6.58. The molecule has 13 heteroatoms. The molecule has 144 valence electrons. The second kappa shape index (κ2) is 12.6. The van der Waals surface area contributed by atoms with E-state index in [1.54, 1.807) is 0 Å². The van der Waals surface area contributed by atoms with Crippen LogP contribution in [0.2, 0.25) is 0 Å². The topological polar surface area (TPSA) is 213 Å². The van der Waals surface area contributed by atoms with E-state index in [4.69, 9.17) is 30.6 Å². The van der Waals surface area contributed by atoms with Crippen molar-refractivity contribution in [3.05, 3.63) is 0 Å². The molecule has 0 amide bonds. The molecular formula is C12H20N2O11. The molecule has 0 saturated heterocycles. The molecule has 13 nitrogen and oxygen atoms in total. The molecule has 0 heterocycles. The maximum atomic E-state index is 10.1. The highest BCUT2D eigenvalue weighted by Crippen LogP contribution is 1.94. The smallest absolute Gasteiger partial charge is 0.317 e. The van der Waals surface area contributed by atoms with Gasteiger partial charge in [-0.05, 0) is 6.92 Å². The Hall–Kier alpha value is -2.77. The average molecular weight is 368 g/mol. The molecule has 0 aliphatic heterocycles. The number of nitrogens with zero attached hydrogens (tertiary/aromatic N) is 2. The van der Waals surface area contributed by atoms with Crippen LogP contribution in [0.25, 0.3) is 0 Å². The number of aliphatic hydroxyl groups is 1. The number of hydrogen-bond acceptors (Lipinski definition) is 8. The van der Waals surface area contributed by atoms with E-state index in [0.29, 0.717) is 0 Å². The van der Waals surface area contributed by atoms with E-state index in [9.17, 15) is 24.0 Å². The molecular weight excluding hydrogens is 348 g/mol. The van der Waals surface area contributed by atoms with Gasteiger partial charge in [0.25, 0.3) is 0 Å². The average Bonchev–Trinajstić information content (AvgIpc) is 2.34. The maximum Gasteiger partial charge on any atom is 0.317 e. The first-order valence-electron chi connectivity index (χ1n) is 6.58. The van der Waals surface area contributed by atoms with E-state index in [2.05, 4.69) is 0 Å². The van der Waals surface area contributed by atoms with Gasteiger partial charge in [-0.15, -0.1) is 0 Å². The van der Waals surface area contributed by atoms with E-state index in [1.165, 1.54) is 6.92 Å². The molecule has 6 N–H and O–H groups in total. The Morgan fingerprint density at radius 3 is 1.04 bits per heavy atom. The summed E-state index contributed by atoms with van der Waals surface area (Å²) in [6, 6.07) is 0. The van der Waals surface area contributed by atoms with Gasteiger partial charge < -0.3 is 30.6 Å². The molecule has 1 atom stereocenters. The third-order valence-electron chi connectivity index (χ3n) is 2.28. The van der Waals surface area contributed by atoms with Gasteiger partial charge in [0, 0.05) is 0 Å². The number of hydrogen-bond donors (Lipinski definition) is 6. The predicted molar refractivity (Wildman–Crippen MR) is 77.9 cm³/mol. The van der Waals surface area contributed by atoms with Crippen molar-refractivity contribution in [2.75, 3.05) is 32.7 Å². The van der Waals surface area contributed by atoms with Crippen LogP contribution in [0.3, 0.4) is 0 Å². The first kappa shape index (κ1) is 24.5. The van der Waals surface area contributed by atoms with Crippen molar-refractivity contribution in [3.63, 3.8) is 0 Å². The maximum absolute atomic E-state index is 10.1. The lowest BCUT2D eigenvalue weighted by Crippen LogP contribution is -2.40. The van der Waals surface area contributed by atoms with Gasteiger partial charge in [-0.1, -0.05) is 0 Å². The number of carboxylic acids is 5. The summed E-state index contributed by atoms with van der Waals surface area (Å²) in [5.74, 6) is -6.12. The number of aliphatic carboxylic acids is 5. The zero-order valence-electron chi connectivity index (χ0n) is 13.2. The van der Waals surface area contributed by atoms with Crippen LogP contribution in [0.15, 0.2) is 0 Å². The lowest BCUT2D eigenvalue weighted by Gasteiger charge is -2.20. The Kier molecular flexibility index (Phi) is 12.4. The molecule has 0 aromatic heterocycles. The largest absolute Gasteiger partial charge is 0.480 e. The fraction of sp³-hybridized carbons (Fsp3) is 0.583. The zero-order valence-corrected chi connectivity index (χ0v) is 13.2. The molecule has 0 aliphatic rings. The van der Waals surface area contributed by atoms with Crippen molar-refractivity contribution in [1.29, 1.82) is 0 Å². The molecule has 25 heavy (non-hydrogen) atoms. The number of aliphatic hydroxyl groups excluding tert-OH is 1. The number of carboxylic acid groups (broad SMARTS) is 5. The summed E-state index contributed by atoms with van der Waals surface area (Å²) in [4.78, 5) is 52.5.